The van der Waals surface area contributed by atoms with Gasteiger partial charge in [-0.05, 0) is 32.9 Å². The van der Waals surface area contributed by atoms with Gasteiger partial charge in [-0.15, -0.1) is 0 Å². The molecule has 0 aliphatic carbocycles. The maximum atomic E-state index is 12.6. The van der Waals surface area contributed by atoms with Crippen molar-refractivity contribution in [1.82, 2.24) is 10.3 Å². The lowest BCUT2D eigenvalue weighted by Crippen LogP contribution is -2.48. The van der Waals surface area contributed by atoms with E-state index in [9.17, 15) is 18.0 Å². The molecule has 6 nitrogen and oxygen atoms in total. The van der Waals surface area contributed by atoms with E-state index < -0.39 is 23.4 Å². The number of aromatic nitrogens is 1. The molecule has 0 spiro atoms. The Kier molecular flexibility index (Phi) is 5.76. The van der Waals surface area contributed by atoms with Crippen LogP contribution in [0.25, 0.3) is 0 Å². The molecule has 1 N–H and O–H groups in total. The van der Waals surface area contributed by atoms with Gasteiger partial charge in [-0.1, -0.05) is 0 Å². The summed E-state index contributed by atoms with van der Waals surface area (Å²) in [6.45, 7) is 6.86. The summed E-state index contributed by atoms with van der Waals surface area (Å²) < 4.78 is 48.5. The van der Waals surface area contributed by atoms with Crippen LogP contribution in [-0.2, 0) is 15.7 Å². The highest BCUT2D eigenvalue weighted by Gasteiger charge is 2.31. The van der Waals surface area contributed by atoms with Crippen molar-refractivity contribution in [2.75, 3.05) is 31.1 Å². The second-order valence-corrected chi connectivity index (χ2v) is 6.72. The number of morpholine rings is 1. The highest BCUT2D eigenvalue weighted by atomic mass is 19.4. The largest absolute Gasteiger partial charge is 0.444 e. The molecular formula is C16H22F3N3O3. The summed E-state index contributed by atoms with van der Waals surface area (Å²) in [6.07, 6.45) is -4.43. The van der Waals surface area contributed by atoms with E-state index >= 15 is 0 Å². The first kappa shape index (κ1) is 19.3. The van der Waals surface area contributed by atoms with Gasteiger partial charge < -0.3 is 19.7 Å². The van der Waals surface area contributed by atoms with Gasteiger partial charge in [0.25, 0.3) is 0 Å². The average molecular weight is 361 g/mol. The molecule has 1 aliphatic rings. The van der Waals surface area contributed by atoms with Gasteiger partial charge in [0.2, 0.25) is 0 Å². The molecule has 1 aromatic rings. The second kappa shape index (κ2) is 7.47. The minimum atomic E-state index is -4.41. The Hall–Kier alpha value is -2.03. The first-order valence-corrected chi connectivity index (χ1v) is 7.91. The third kappa shape index (κ3) is 6.08. The van der Waals surface area contributed by atoms with Gasteiger partial charge >= 0.3 is 12.3 Å². The molecule has 1 aliphatic heterocycles. The first-order chi connectivity index (χ1) is 11.5. The molecule has 0 unspecified atom stereocenters. The number of rotatable bonds is 3. The van der Waals surface area contributed by atoms with Crippen LogP contribution in [0.5, 0.6) is 0 Å². The van der Waals surface area contributed by atoms with E-state index in [0.717, 1.165) is 12.3 Å². The van der Waals surface area contributed by atoms with Crippen LogP contribution in [0, 0.1) is 0 Å². The highest BCUT2D eigenvalue weighted by molar-refractivity contribution is 5.67. The number of halogens is 3. The van der Waals surface area contributed by atoms with Crippen LogP contribution in [0.3, 0.4) is 0 Å². The Bertz CT molecular complexity index is 585. The smallest absolute Gasteiger partial charge is 0.417 e. The molecule has 0 bridgehead atoms. The van der Waals surface area contributed by atoms with Crippen LogP contribution in [0.15, 0.2) is 18.3 Å². The fourth-order valence-electron chi connectivity index (χ4n) is 2.30. The molecule has 1 atom stereocenters. The van der Waals surface area contributed by atoms with Crippen LogP contribution in [0.2, 0.25) is 0 Å². The third-order valence-corrected chi connectivity index (χ3v) is 3.41. The number of alkyl carbamates (subject to hydrolysis) is 1. The van der Waals surface area contributed by atoms with Crippen molar-refractivity contribution in [2.45, 2.75) is 38.7 Å². The van der Waals surface area contributed by atoms with Crippen molar-refractivity contribution in [1.29, 1.82) is 0 Å². The molecule has 140 valence electrons. The van der Waals surface area contributed by atoms with E-state index in [-0.39, 0.29) is 12.6 Å². The third-order valence-electron chi connectivity index (χ3n) is 3.41. The van der Waals surface area contributed by atoms with Gasteiger partial charge in [-0.2, -0.15) is 13.2 Å². The molecular weight excluding hydrogens is 339 g/mol. The summed E-state index contributed by atoms with van der Waals surface area (Å²) in [4.78, 5) is 17.4. The van der Waals surface area contributed by atoms with E-state index in [1.165, 1.54) is 6.07 Å². The summed E-state index contributed by atoms with van der Waals surface area (Å²) in [5, 5.41) is 2.63. The number of ether oxygens (including phenoxy) is 2. The molecule has 1 saturated heterocycles. The molecule has 2 rings (SSSR count). The van der Waals surface area contributed by atoms with Crippen LogP contribution in [-0.4, -0.2) is 49.0 Å². The average Bonchev–Trinajstić information content (AvgIpc) is 2.51. The number of alkyl halides is 3. The summed E-state index contributed by atoms with van der Waals surface area (Å²) in [6, 6.07) is 2.35. The number of hydrogen-bond donors (Lipinski definition) is 1. The van der Waals surface area contributed by atoms with Crippen molar-refractivity contribution < 1.29 is 27.4 Å². The van der Waals surface area contributed by atoms with Crippen LogP contribution in [0.4, 0.5) is 23.8 Å². The summed E-state index contributed by atoms with van der Waals surface area (Å²) in [5.41, 5.74) is -1.37. The maximum absolute atomic E-state index is 12.6. The van der Waals surface area contributed by atoms with Gasteiger partial charge in [-0.25, -0.2) is 9.78 Å². The van der Waals surface area contributed by atoms with Gasteiger partial charge in [0.05, 0.1) is 18.3 Å². The predicted molar refractivity (Wildman–Crippen MR) is 85.4 cm³/mol. The van der Waals surface area contributed by atoms with Crippen molar-refractivity contribution >= 4 is 11.9 Å². The van der Waals surface area contributed by atoms with Crippen molar-refractivity contribution in [2.24, 2.45) is 0 Å². The van der Waals surface area contributed by atoms with E-state index in [1.54, 1.807) is 20.8 Å². The molecule has 9 heteroatoms. The van der Waals surface area contributed by atoms with E-state index in [0.29, 0.717) is 25.5 Å². The monoisotopic (exact) mass is 361 g/mol. The number of pyridine rings is 1. The molecule has 0 saturated carbocycles. The van der Waals surface area contributed by atoms with Crippen molar-refractivity contribution in [3.8, 4) is 0 Å². The molecule has 1 amide bonds. The number of carbonyl (C=O) groups is 1. The molecule has 1 fully saturated rings. The number of nitrogens with zero attached hydrogens (tertiary/aromatic N) is 2. The Morgan fingerprint density at radius 2 is 2.12 bits per heavy atom. The Balaban J connectivity index is 1.89. The number of amides is 1. The van der Waals surface area contributed by atoms with Crippen molar-refractivity contribution in [3.05, 3.63) is 23.9 Å². The van der Waals surface area contributed by atoms with Gasteiger partial charge in [-0.3, -0.25) is 0 Å². The Morgan fingerprint density at radius 3 is 2.68 bits per heavy atom. The lowest BCUT2D eigenvalue weighted by molar-refractivity contribution is -0.137. The first-order valence-electron chi connectivity index (χ1n) is 7.91. The Labute approximate surface area is 144 Å². The zero-order valence-electron chi connectivity index (χ0n) is 14.4. The minimum absolute atomic E-state index is 0.242. The standard InChI is InChI=1S/C16H22F3N3O3/c1-15(2,3)25-14(23)21-9-12-10-22(6-7-24-12)13-5-4-11(8-20-13)16(17,18)19/h4-5,8,12H,6-7,9-10H2,1-3H3,(H,21,23)/t12-/m1/s1. The topological polar surface area (TPSA) is 63.7 Å². The van der Waals surface area contributed by atoms with Crippen LogP contribution >= 0.6 is 0 Å². The molecule has 2 heterocycles. The van der Waals surface area contributed by atoms with Gasteiger partial charge in [0.1, 0.15) is 11.4 Å². The van der Waals surface area contributed by atoms with E-state index in [1.807, 2.05) is 4.90 Å². The second-order valence-electron chi connectivity index (χ2n) is 6.72. The fourth-order valence-corrected chi connectivity index (χ4v) is 2.30. The molecule has 25 heavy (non-hydrogen) atoms. The lowest BCUT2D eigenvalue weighted by Gasteiger charge is -2.34. The van der Waals surface area contributed by atoms with E-state index in [4.69, 9.17) is 9.47 Å². The SMILES string of the molecule is CC(C)(C)OC(=O)NC[C@@H]1CN(c2ccc(C(F)(F)F)cn2)CCO1. The number of carbonyl (C=O) groups excluding carboxylic acids is 1. The molecule has 0 aromatic carbocycles. The summed E-state index contributed by atoms with van der Waals surface area (Å²) >= 11 is 0. The Morgan fingerprint density at radius 1 is 1.40 bits per heavy atom. The summed E-state index contributed by atoms with van der Waals surface area (Å²) in [5.74, 6) is 0.443. The number of anilines is 1. The quantitative estimate of drug-likeness (QED) is 0.897. The highest BCUT2D eigenvalue weighted by Crippen LogP contribution is 2.29. The molecule has 1 aromatic heterocycles. The summed E-state index contributed by atoms with van der Waals surface area (Å²) in [7, 11) is 0. The zero-order chi connectivity index (χ0) is 18.7. The maximum Gasteiger partial charge on any atom is 0.417 e. The van der Waals surface area contributed by atoms with E-state index in [2.05, 4.69) is 10.3 Å². The minimum Gasteiger partial charge on any atom is -0.444 e. The van der Waals surface area contributed by atoms with Gasteiger partial charge in [0, 0.05) is 25.8 Å². The predicted octanol–water partition coefficient (Wildman–Crippen LogP) is 2.83. The van der Waals surface area contributed by atoms with Crippen LogP contribution < -0.4 is 10.2 Å². The van der Waals surface area contributed by atoms with Gasteiger partial charge in [0.15, 0.2) is 0 Å². The zero-order valence-corrected chi connectivity index (χ0v) is 14.4. The van der Waals surface area contributed by atoms with Crippen LogP contribution in [0.1, 0.15) is 26.3 Å². The molecule has 0 radical (unpaired) electrons. The lowest BCUT2D eigenvalue weighted by atomic mass is 10.2. The number of hydrogen-bond acceptors (Lipinski definition) is 5. The van der Waals surface area contributed by atoms with Crippen molar-refractivity contribution in [3.63, 3.8) is 0 Å². The number of nitrogens with one attached hydrogen (secondary N) is 1. The fraction of sp³-hybridized carbons (Fsp3) is 0.625. The normalized spacial score (nSPS) is 18.8.